The second kappa shape index (κ2) is 17.7. The van der Waals surface area contributed by atoms with Crippen LogP contribution in [-0.2, 0) is 19.1 Å². The highest BCUT2D eigenvalue weighted by molar-refractivity contribution is 5.74. The molecule has 0 saturated heterocycles. The number of esters is 2. The molecule has 0 bridgehead atoms. The molecule has 0 radical (unpaired) electrons. The summed E-state index contributed by atoms with van der Waals surface area (Å²) in [4.78, 5) is 25.5. The largest absolute Gasteiger partial charge is 0.462 e. The van der Waals surface area contributed by atoms with Crippen LogP contribution in [0.5, 0.6) is 0 Å². The van der Waals surface area contributed by atoms with Crippen LogP contribution in [0.4, 0.5) is 0 Å². The molecule has 3 rings (SSSR count). The molecule has 0 spiro atoms. The molecular formula is C42H74O4. The molecule has 3 fully saturated rings. The van der Waals surface area contributed by atoms with Crippen LogP contribution in [0.3, 0.4) is 0 Å². The van der Waals surface area contributed by atoms with Gasteiger partial charge in [-0.2, -0.15) is 0 Å². The van der Waals surface area contributed by atoms with Crippen LogP contribution in [0.15, 0.2) is 25.3 Å². The molecule has 0 aromatic rings. The van der Waals surface area contributed by atoms with Crippen LogP contribution >= 0.6 is 0 Å². The van der Waals surface area contributed by atoms with E-state index in [1.54, 1.807) is 12.2 Å². The molecule has 46 heavy (non-hydrogen) atoms. The summed E-state index contributed by atoms with van der Waals surface area (Å²) in [7, 11) is 0. The Kier molecular flexibility index (Phi) is 15.6. The van der Waals surface area contributed by atoms with Gasteiger partial charge in [0.05, 0.1) is 12.8 Å². The Morgan fingerprint density at radius 2 is 1.54 bits per heavy atom. The predicted molar refractivity (Wildman–Crippen MR) is 194 cm³/mol. The van der Waals surface area contributed by atoms with E-state index in [1.807, 2.05) is 20.8 Å². The molecule has 0 amide bonds. The Labute approximate surface area is 285 Å². The van der Waals surface area contributed by atoms with Gasteiger partial charge in [-0.1, -0.05) is 113 Å². The van der Waals surface area contributed by atoms with Crippen molar-refractivity contribution in [2.75, 3.05) is 6.61 Å². The van der Waals surface area contributed by atoms with Crippen molar-refractivity contribution >= 4 is 11.9 Å². The van der Waals surface area contributed by atoms with Crippen LogP contribution < -0.4 is 0 Å². The maximum absolute atomic E-state index is 13.3. The van der Waals surface area contributed by atoms with E-state index in [2.05, 4.69) is 61.6 Å². The lowest BCUT2D eigenvalue weighted by atomic mass is 9.49. The molecule has 3 aliphatic rings. The third-order valence-corrected chi connectivity index (χ3v) is 12.6. The Hall–Kier alpha value is -1.58. The van der Waals surface area contributed by atoms with E-state index in [0.29, 0.717) is 17.3 Å². The number of hydrogen-bond donors (Lipinski definition) is 0. The number of carbonyl (C=O) groups is 2. The Bertz CT molecular complexity index is 976. The standard InChI is InChI=1S/C39H68O4.C3H6/c1-11-13-17-31-28(3)15-14-16-29(31)18-19-32-37(6,7)22-20-30-25-38(8,9)33(21-23-39(30,32)10)43-35(41)27-36(4,5)26-34(40)42-24-12-2;1-3-2/h12,28-33H,2,11,13-27H2,1,3-10H3;3H,1H2,2H3. The Morgan fingerprint density at radius 3 is 2.17 bits per heavy atom. The third-order valence-electron chi connectivity index (χ3n) is 12.6. The van der Waals surface area contributed by atoms with E-state index in [9.17, 15) is 9.59 Å². The first-order chi connectivity index (χ1) is 21.5. The highest BCUT2D eigenvalue weighted by Crippen LogP contribution is 2.62. The highest BCUT2D eigenvalue weighted by Gasteiger charge is 2.55. The zero-order chi connectivity index (χ0) is 34.8. The first-order valence-corrected chi connectivity index (χ1v) is 19.0. The topological polar surface area (TPSA) is 52.6 Å². The number of rotatable bonds is 13. The molecule has 266 valence electrons. The molecule has 4 heteroatoms. The fourth-order valence-electron chi connectivity index (χ4n) is 10.0. The van der Waals surface area contributed by atoms with Crippen molar-refractivity contribution in [1.29, 1.82) is 0 Å². The molecule has 0 N–H and O–H groups in total. The molecule has 0 aromatic heterocycles. The maximum Gasteiger partial charge on any atom is 0.306 e. The number of allylic oxidation sites excluding steroid dienone is 1. The van der Waals surface area contributed by atoms with Gasteiger partial charge in [0, 0.05) is 5.41 Å². The summed E-state index contributed by atoms with van der Waals surface area (Å²) < 4.78 is 11.5. The molecule has 7 atom stereocenters. The minimum absolute atomic E-state index is 0.0683. The van der Waals surface area contributed by atoms with Crippen molar-refractivity contribution in [3.8, 4) is 0 Å². The Morgan fingerprint density at radius 1 is 0.891 bits per heavy atom. The molecule has 7 unspecified atom stereocenters. The van der Waals surface area contributed by atoms with Gasteiger partial charge in [-0.15, -0.1) is 6.58 Å². The predicted octanol–water partition coefficient (Wildman–Crippen LogP) is 11.9. The van der Waals surface area contributed by atoms with Gasteiger partial charge in [0.25, 0.3) is 0 Å². The van der Waals surface area contributed by atoms with Crippen LogP contribution in [-0.4, -0.2) is 24.6 Å². The summed E-state index contributed by atoms with van der Waals surface area (Å²) in [5, 5.41) is 0. The number of unbranched alkanes of at least 4 members (excludes halogenated alkanes) is 1. The molecule has 3 aliphatic carbocycles. The number of carbonyl (C=O) groups excluding carboxylic acids is 2. The molecular weight excluding hydrogens is 568 g/mol. The SMILES string of the molecule is C=CC.C=CCOC(=O)CC(C)(C)CC(=O)OC1CCC2(C)C(CCC(C)(C)C2CCC2CCCC(C)C2CCCC)CC1(C)C. The molecule has 4 nitrogen and oxygen atoms in total. The van der Waals surface area contributed by atoms with E-state index < -0.39 is 5.41 Å². The van der Waals surface area contributed by atoms with Crippen molar-refractivity contribution < 1.29 is 19.1 Å². The van der Waals surface area contributed by atoms with Gasteiger partial charge in [0.1, 0.15) is 12.7 Å². The second-order valence-corrected chi connectivity index (χ2v) is 17.9. The summed E-state index contributed by atoms with van der Waals surface area (Å²) in [6.45, 7) is 30.2. The average molecular weight is 643 g/mol. The second-order valence-electron chi connectivity index (χ2n) is 17.9. The van der Waals surface area contributed by atoms with Crippen molar-refractivity contribution in [2.24, 2.45) is 51.2 Å². The fourth-order valence-corrected chi connectivity index (χ4v) is 10.0. The van der Waals surface area contributed by atoms with Gasteiger partial charge in [-0.3, -0.25) is 9.59 Å². The number of fused-ring (bicyclic) bond motifs is 1. The summed E-state index contributed by atoms with van der Waals surface area (Å²) in [5.74, 6) is 3.57. The van der Waals surface area contributed by atoms with Gasteiger partial charge in [-0.25, -0.2) is 0 Å². The zero-order valence-electron chi connectivity index (χ0n) is 32.0. The van der Waals surface area contributed by atoms with E-state index in [0.717, 1.165) is 37.0 Å². The summed E-state index contributed by atoms with van der Waals surface area (Å²) in [6.07, 6.45) is 20.5. The first-order valence-electron chi connectivity index (χ1n) is 19.0. The van der Waals surface area contributed by atoms with Gasteiger partial charge in [-0.05, 0) is 104 Å². The highest BCUT2D eigenvalue weighted by atomic mass is 16.5. The Balaban J connectivity index is 0.00000236. The zero-order valence-corrected chi connectivity index (χ0v) is 32.0. The molecule has 0 aliphatic heterocycles. The summed E-state index contributed by atoms with van der Waals surface area (Å²) >= 11 is 0. The minimum atomic E-state index is -0.509. The molecule has 0 aromatic carbocycles. The van der Waals surface area contributed by atoms with Crippen molar-refractivity contribution in [3.05, 3.63) is 25.3 Å². The fraction of sp³-hybridized carbons (Fsp3) is 0.857. The van der Waals surface area contributed by atoms with Crippen LogP contribution in [0.25, 0.3) is 0 Å². The third kappa shape index (κ3) is 11.3. The first kappa shape index (κ1) is 40.6. The van der Waals surface area contributed by atoms with Gasteiger partial charge >= 0.3 is 11.9 Å². The quantitative estimate of drug-likeness (QED) is 0.148. The average Bonchev–Trinajstić information content (AvgIpc) is 3.04. The lowest BCUT2D eigenvalue weighted by Crippen LogP contribution is -2.48. The summed E-state index contributed by atoms with van der Waals surface area (Å²) in [6, 6.07) is 0. The van der Waals surface area contributed by atoms with E-state index in [4.69, 9.17) is 9.47 Å². The van der Waals surface area contributed by atoms with Gasteiger partial charge < -0.3 is 9.47 Å². The van der Waals surface area contributed by atoms with E-state index in [1.165, 1.54) is 64.2 Å². The lowest BCUT2D eigenvalue weighted by Gasteiger charge is -2.56. The van der Waals surface area contributed by atoms with E-state index >= 15 is 0 Å². The monoisotopic (exact) mass is 643 g/mol. The van der Waals surface area contributed by atoms with Gasteiger partial charge in [0.15, 0.2) is 0 Å². The van der Waals surface area contributed by atoms with Crippen LogP contribution in [0, 0.1) is 51.2 Å². The molecule has 3 saturated carbocycles. The van der Waals surface area contributed by atoms with Crippen molar-refractivity contribution in [3.63, 3.8) is 0 Å². The van der Waals surface area contributed by atoms with Crippen LogP contribution in [0.2, 0.25) is 0 Å². The number of ether oxygens (including phenoxy) is 2. The maximum atomic E-state index is 13.3. The van der Waals surface area contributed by atoms with Crippen LogP contribution in [0.1, 0.15) is 166 Å². The van der Waals surface area contributed by atoms with Crippen molar-refractivity contribution in [1.82, 2.24) is 0 Å². The number of hydrogen-bond acceptors (Lipinski definition) is 4. The smallest absolute Gasteiger partial charge is 0.306 e. The van der Waals surface area contributed by atoms with E-state index in [-0.39, 0.29) is 48.3 Å². The lowest BCUT2D eigenvalue weighted by molar-refractivity contribution is -0.159. The summed E-state index contributed by atoms with van der Waals surface area (Å²) in [5.41, 5.74) is 0.0367. The normalized spacial score (nSPS) is 32.0. The minimum Gasteiger partial charge on any atom is -0.462 e. The van der Waals surface area contributed by atoms with Gasteiger partial charge in [0.2, 0.25) is 0 Å². The molecule has 0 heterocycles. The van der Waals surface area contributed by atoms with Crippen molar-refractivity contribution in [2.45, 2.75) is 172 Å².